The van der Waals surface area contributed by atoms with E-state index in [9.17, 15) is 0 Å². The molecule has 1 atom stereocenters. The Morgan fingerprint density at radius 1 is 1.06 bits per heavy atom. The first-order chi connectivity index (χ1) is 8.41. The van der Waals surface area contributed by atoms with Crippen LogP contribution in [0.15, 0.2) is 40.9 Å². The fourth-order valence-corrected chi connectivity index (χ4v) is 2.64. The van der Waals surface area contributed by atoms with Gasteiger partial charge in [0.05, 0.1) is 6.04 Å². The molecule has 0 aliphatic rings. The molecule has 0 aromatic heterocycles. The lowest BCUT2D eigenvalue weighted by Crippen LogP contribution is -2.36. The van der Waals surface area contributed by atoms with Gasteiger partial charge in [-0.2, -0.15) is 0 Å². The lowest BCUT2D eigenvalue weighted by molar-refractivity contribution is 0.276. The highest BCUT2D eigenvalue weighted by Gasteiger charge is 2.25. The van der Waals surface area contributed by atoms with Crippen molar-refractivity contribution < 1.29 is 0 Å². The predicted molar refractivity (Wildman–Crippen MR) is 81.2 cm³/mol. The summed E-state index contributed by atoms with van der Waals surface area (Å²) >= 11 is 3.49. The van der Waals surface area contributed by atoms with E-state index in [4.69, 9.17) is 5.84 Å². The van der Waals surface area contributed by atoms with E-state index in [1.165, 1.54) is 16.3 Å². The number of hydrazine groups is 1. The fourth-order valence-electron chi connectivity index (χ4n) is 2.26. The van der Waals surface area contributed by atoms with E-state index in [0.29, 0.717) is 0 Å². The van der Waals surface area contributed by atoms with E-state index in [2.05, 4.69) is 78.5 Å². The van der Waals surface area contributed by atoms with Gasteiger partial charge in [0.25, 0.3) is 0 Å². The summed E-state index contributed by atoms with van der Waals surface area (Å²) in [5, 5.41) is 2.47. The zero-order valence-corrected chi connectivity index (χ0v) is 12.6. The zero-order chi connectivity index (χ0) is 13.3. The van der Waals surface area contributed by atoms with Crippen molar-refractivity contribution in [2.75, 3.05) is 0 Å². The highest BCUT2D eigenvalue weighted by Crippen LogP contribution is 2.33. The molecule has 3 N–H and O–H groups in total. The Balaban J connectivity index is 2.49. The Morgan fingerprint density at radius 3 is 2.28 bits per heavy atom. The van der Waals surface area contributed by atoms with Gasteiger partial charge in [0.1, 0.15) is 0 Å². The molecule has 0 amide bonds. The number of hydrogen-bond acceptors (Lipinski definition) is 2. The van der Waals surface area contributed by atoms with Gasteiger partial charge in [-0.15, -0.1) is 0 Å². The molecule has 0 spiro atoms. The molecule has 0 aliphatic heterocycles. The molecule has 0 saturated carbocycles. The first kappa shape index (κ1) is 13.5. The van der Waals surface area contributed by atoms with Crippen molar-refractivity contribution in [2.24, 2.45) is 11.3 Å². The summed E-state index contributed by atoms with van der Waals surface area (Å²) in [7, 11) is 0. The van der Waals surface area contributed by atoms with E-state index in [1.54, 1.807) is 0 Å². The minimum absolute atomic E-state index is 0.0811. The van der Waals surface area contributed by atoms with Crippen LogP contribution in [0.1, 0.15) is 32.4 Å². The number of rotatable bonds is 2. The van der Waals surface area contributed by atoms with Crippen LogP contribution in [0.4, 0.5) is 0 Å². The molecule has 96 valence electrons. The quantitative estimate of drug-likeness (QED) is 0.646. The lowest BCUT2D eigenvalue weighted by atomic mass is 9.82. The minimum Gasteiger partial charge on any atom is -0.271 e. The van der Waals surface area contributed by atoms with Crippen LogP contribution in [0.25, 0.3) is 10.8 Å². The molecular weight excluding hydrogens is 288 g/mol. The molecule has 2 aromatic carbocycles. The van der Waals surface area contributed by atoms with E-state index >= 15 is 0 Å². The third kappa shape index (κ3) is 2.74. The lowest BCUT2D eigenvalue weighted by Gasteiger charge is -2.30. The number of benzene rings is 2. The van der Waals surface area contributed by atoms with E-state index < -0.39 is 0 Å². The van der Waals surface area contributed by atoms with Crippen LogP contribution in [0.2, 0.25) is 0 Å². The summed E-state index contributed by atoms with van der Waals surface area (Å²) < 4.78 is 1.10. The van der Waals surface area contributed by atoms with Crippen molar-refractivity contribution in [3.63, 3.8) is 0 Å². The second-order valence-corrected chi connectivity index (χ2v) is 6.63. The van der Waals surface area contributed by atoms with Gasteiger partial charge in [-0.25, -0.2) is 0 Å². The third-order valence-electron chi connectivity index (χ3n) is 3.19. The summed E-state index contributed by atoms with van der Waals surface area (Å²) in [5.41, 5.74) is 4.23. The maximum Gasteiger partial charge on any atom is 0.0508 e. The van der Waals surface area contributed by atoms with Gasteiger partial charge in [-0.1, -0.05) is 54.9 Å². The molecule has 0 radical (unpaired) electrons. The summed E-state index contributed by atoms with van der Waals surface area (Å²) in [5.74, 6) is 5.70. The van der Waals surface area contributed by atoms with Crippen molar-refractivity contribution in [2.45, 2.75) is 26.8 Å². The van der Waals surface area contributed by atoms with Crippen LogP contribution in [0.3, 0.4) is 0 Å². The predicted octanol–water partition coefficient (Wildman–Crippen LogP) is 4.15. The Kier molecular flexibility index (Phi) is 3.76. The minimum atomic E-state index is 0.0811. The SMILES string of the molecule is CC(C)(C)C(NN)c1ccc2cc(Br)ccc2c1. The van der Waals surface area contributed by atoms with Crippen molar-refractivity contribution in [3.05, 3.63) is 46.4 Å². The highest BCUT2D eigenvalue weighted by atomic mass is 79.9. The zero-order valence-electron chi connectivity index (χ0n) is 11.0. The van der Waals surface area contributed by atoms with Gasteiger partial charge in [-0.3, -0.25) is 11.3 Å². The number of fused-ring (bicyclic) bond motifs is 1. The van der Waals surface area contributed by atoms with Gasteiger partial charge in [-0.05, 0) is 39.9 Å². The normalized spacial score (nSPS) is 13.8. The fraction of sp³-hybridized carbons (Fsp3) is 0.333. The van der Waals surface area contributed by atoms with Crippen LogP contribution < -0.4 is 11.3 Å². The Morgan fingerprint density at radius 2 is 1.67 bits per heavy atom. The maximum absolute atomic E-state index is 5.70. The number of halogens is 1. The molecule has 0 aliphatic carbocycles. The molecular formula is C15H19BrN2. The first-order valence-corrected chi connectivity index (χ1v) is 6.86. The standard InChI is InChI=1S/C15H19BrN2/c1-15(2,3)14(18-17)12-5-4-11-9-13(16)7-6-10(11)8-12/h4-9,14,18H,17H2,1-3H3. The maximum atomic E-state index is 5.70. The molecule has 2 nitrogen and oxygen atoms in total. The van der Waals surface area contributed by atoms with Crippen molar-refractivity contribution in [1.82, 2.24) is 5.43 Å². The second-order valence-electron chi connectivity index (χ2n) is 5.72. The van der Waals surface area contributed by atoms with Crippen LogP contribution >= 0.6 is 15.9 Å². The third-order valence-corrected chi connectivity index (χ3v) is 3.69. The van der Waals surface area contributed by atoms with Crippen molar-refractivity contribution in [3.8, 4) is 0 Å². The molecule has 2 aromatic rings. The smallest absolute Gasteiger partial charge is 0.0508 e. The van der Waals surface area contributed by atoms with E-state index in [0.717, 1.165) is 4.47 Å². The van der Waals surface area contributed by atoms with Gasteiger partial charge in [0.15, 0.2) is 0 Å². The molecule has 0 bridgehead atoms. The summed E-state index contributed by atoms with van der Waals surface area (Å²) in [6.45, 7) is 6.55. The monoisotopic (exact) mass is 306 g/mol. The summed E-state index contributed by atoms with van der Waals surface area (Å²) in [4.78, 5) is 0. The molecule has 18 heavy (non-hydrogen) atoms. The molecule has 0 saturated heterocycles. The Hall–Kier alpha value is -0.900. The molecule has 0 heterocycles. The number of nitrogens with one attached hydrogen (secondary N) is 1. The van der Waals surface area contributed by atoms with Gasteiger partial charge < -0.3 is 0 Å². The van der Waals surface area contributed by atoms with E-state index in [1.807, 2.05) is 0 Å². The molecule has 0 fully saturated rings. The molecule has 2 rings (SSSR count). The Labute approximate surface area is 117 Å². The topological polar surface area (TPSA) is 38.0 Å². The number of nitrogens with two attached hydrogens (primary N) is 1. The van der Waals surface area contributed by atoms with E-state index in [-0.39, 0.29) is 11.5 Å². The summed E-state index contributed by atoms with van der Waals surface area (Å²) in [6.07, 6.45) is 0. The first-order valence-electron chi connectivity index (χ1n) is 6.07. The Bertz CT molecular complexity index is 558. The van der Waals surface area contributed by atoms with Crippen molar-refractivity contribution in [1.29, 1.82) is 0 Å². The van der Waals surface area contributed by atoms with Crippen LogP contribution in [0, 0.1) is 5.41 Å². The molecule has 3 heteroatoms. The second kappa shape index (κ2) is 5.00. The summed E-state index contributed by atoms with van der Waals surface area (Å²) in [6, 6.07) is 13.0. The van der Waals surface area contributed by atoms with Crippen LogP contribution in [0.5, 0.6) is 0 Å². The van der Waals surface area contributed by atoms with Crippen molar-refractivity contribution >= 4 is 26.7 Å². The van der Waals surface area contributed by atoms with Gasteiger partial charge in [0, 0.05) is 4.47 Å². The average Bonchev–Trinajstić information content (AvgIpc) is 2.28. The van der Waals surface area contributed by atoms with Crippen LogP contribution in [-0.2, 0) is 0 Å². The van der Waals surface area contributed by atoms with Gasteiger partial charge in [0.2, 0.25) is 0 Å². The highest BCUT2D eigenvalue weighted by molar-refractivity contribution is 9.10. The molecule has 1 unspecified atom stereocenters. The van der Waals surface area contributed by atoms with Gasteiger partial charge >= 0.3 is 0 Å². The van der Waals surface area contributed by atoms with Crippen LogP contribution in [-0.4, -0.2) is 0 Å². The number of hydrogen-bond donors (Lipinski definition) is 2. The largest absolute Gasteiger partial charge is 0.271 e. The average molecular weight is 307 g/mol.